The smallest absolute Gasteiger partial charge is 0.0734 e. The van der Waals surface area contributed by atoms with Gasteiger partial charge in [0.05, 0.1) is 5.52 Å². The lowest BCUT2D eigenvalue weighted by molar-refractivity contribution is 0.258. The molecular weight excluding hydrogens is 314 g/mol. The van der Waals surface area contributed by atoms with Gasteiger partial charge in [-0.05, 0) is 51.2 Å². The molecule has 0 N–H and O–H groups in total. The molecule has 1 unspecified atom stereocenters. The van der Waals surface area contributed by atoms with Gasteiger partial charge in [0.15, 0.2) is 0 Å². The number of aromatic nitrogens is 1. The second-order valence-corrected chi connectivity index (χ2v) is 6.61. The molecule has 1 atom stereocenters. The monoisotopic (exact) mass is 333 g/mol. The molecule has 1 aromatic heterocycles. The van der Waals surface area contributed by atoms with E-state index in [1.807, 2.05) is 6.20 Å². The van der Waals surface area contributed by atoms with E-state index in [1.54, 1.807) is 0 Å². The zero-order valence-corrected chi connectivity index (χ0v) is 13.6. The normalized spacial score (nSPS) is 19.8. The topological polar surface area (TPSA) is 19.4 Å². The Morgan fingerprint density at radius 3 is 2.95 bits per heavy atom. The molecule has 0 spiro atoms. The summed E-state index contributed by atoms with van der Waals surface area (Å²) in [5.74, 6) is 0. The Hall–Kier alpha value is -1.13. The molecule has 0 amide bonds. The lowest BCUT2D eigenvalue weighted by Crippen LogP contribution is -2.45. The number of fused-ring (bicyclic) bond motifs is 1. The zero-order valence-electron chi connectivity index (χ0n) is 12.0. The highest BCUT2D eigenvalue weighted by atomic mass is 79.9. The number of piperidine rings is 1. The second-order valence-electron chi connectivity index (χ2n) is 5.70. The minimum absolute atomic E-state index is 0.641. The van der Waals surface area contributed by atoms with Crippen molar-refractivity contribution in [2.75, 3.05) is 32.1 Å². The van der Waals surface area contributed by atoms with E-state index < -0.39 is 0 Å². The Morgan fingerprint density at radius 2 is 2.15 bits per heavy atom. The molecule has 2 aromatic rings. The van der Waals surface area contributed by atoms with Gasteiger partial charge in [-0.1, -0.05) is 15.9 Å². The highest BCUT2D eigenvalue weighted by molar-refractivity contribution is 9.10. The van der Waals surface area contributed by atoms with Crippen LogP contribution in [0.15, 0.2) is 34.9 Å². The first kappa shape index (κ1) is 13.8. The average Bonchev–Trinajstić information content (AvgIpc) is 2.46. The number of pyridine rings is 1. The molecule has 2 heterocycles. The third-order valence-corrected chi connectivity index (χ3v) is 4.64. The molecule has 1 saturated heterocycles. The van der Waals surface area contributed by atoms with Gasteiger partial charge in [-0.15, -0.1) is 0 Å². The standard InChI is InChI=1S/C16H20BrN3/c1-19(2)13-4-3-9-20(11-13)16-7-8-18-15-10-12(17)5-6-14(15)16/h5-8,10,13H,3-4,9,11H2,1-2H3. The summed E-state index contributed by atoms with van der Waals surface area (Å²) < 4.78 is 1.08. The number of benzene rings is 1. The van der Waals surface area contributed by atoms with E-state index >= 15 is 0 Å². The Balaban J connectivity index is 1.97. The van der Waals surface area contributed by atoms with Gasteiger partial charge in [-0.3, -0.25) is 4.98 Å². The maximum atomic E-state index is 4.48. The fourth-order valence-electron chi connectivity index (χ4n) is 2.98. The molecule has 1 aromatic carbocycles. The maximum Gasteiger partial charge on any atom is 0.0734 e. The van der Waals surface area contributed by atoms with Crippen LogP contribution < -0.4 is 4.90 Å². The summed E-state index contributed by atoms with van der Waals surface area (Å²) in [7, 11) is 4.35. The van der Waals surface area contributed by atoms with Gasteiger partial charge < -0.3 is 9.80 Å². The first-order valence-corrected chi connectivity index (χ1v) is 7.90. The van der Waals surface area contributed by atoms with E-state index in [9.17, 15) is 0 Å². The second kappa shape index (κ2) is 5.70. The van der Waals surface area contributed by atoms with E-state index in [0.717, 1.165) is 23.1 Å². The molecule has 1 aliphatic rings. The largest absolute Gasteiger partial charge is 0.369 e. The van der Waals surface area contributed by atoms with Crippen molar-refractivity contribution in [2.24, 2.45) is 0 Å². The van der Waals surface area contributed by atoms with Crippen molar-refractivity contribution >= 4 is 32.5 Å². The molecular formula is C16H20BrN3. The van der Waals surface area contributed by atoms with Crippen LogP contribution in [0.3, 0.4) is 0 Å². The van der Waals surface area contributed by atoms with Crippen LogP contribution in [0.2, 0.25) is 0 Å². The van der Waals surface area contributed by atoms with Crippen molar-refractivity contribution < 1.29 is 0 Å². The molecule has 3 rings (SSSR count). The first-order chi connectivity index (χ1) is 9.65. The van der Waals surface area contributed by atoms with Crippen LogP contribution >= 0.6 is 15.9 Å². The van der Waals surface area contributed by atoms with Crippen LogP contribution in [0.25, 0.3) is 10.9 Å². The molecule has 0 bridgehead atoms. The molecule has 0 aliphatic carbocycles. The lowest BCUT2D eigenvalue weighted by atomic mass is 10.0. The zero-order chi connectivity index (χ0) is 14.1. The van der Waals surface area contributed by atoms with E-state index in [4.69, 9.17) is 0 Å². The van der Waals surface area contributed by atoms with Crippen LogP contribution in [-0.2, 0) is 0 Å². The van der Waals surface area contributed by atoms with Gasteiger partial charge in [0.2, 0.25) is 0 Å². The maximum absolute atomic E-state index is 4.48. The summed E-state index contributed by atoms with van der Waals surface area (Å²) in [4.78, 5) is 9.33. The SMILES string of the molecule is CN(C)C1CCCN(c2ccnc3cc(Br)ccc23)C1. The van der Waals surface area contributed by atoms with Crippen molar-refractivity contribution in [2.45, 2.75) is 18.9 Å². The van der Waals surface area contributed by atoms with E-state index in [0.29, 0.717) is 6.04 Å². The summed E-state index contributed by atoms with van der Waals surface area (Å²) in [5.41, 5.74) is 2.37. The quantitative estimate of drug-likeness (QED) is 0.838. The van der Waals surface area contributed by atoms with Gasteiger partial charge in [0.1, 0.15) is 0 Å². The van der Waals surface area contributed by atoms with Crippen molar-refractivity contribution in [3.05, 3.63) is 34.9 Å². The predicted octanol–water partition coefficient (Wildman–Crippen LogP) is 3.53. The predicted molar refractivity (Wildman–Crippen MR) is 88.4 cm³/mol. The number of likely N-dealkylation sites (N-methyl/N-ethyl adjacent to an activating group) is 1. The van der Waals surface area contributed by atoms with Crippen LogP contribution in [-0.4, -0.2) is 43.1 Å². The third kappa shape index (κ3) is 2.67. The van der Waals surface area contributed by atoms with E-state index in [1.165, 1.54) is 23.9 Å². The van der Waals surface area contributed by atoms with Gasteiger partial charge >= 0.3 is 0 Å². The van der Waals surface area contributed by atoms with Crippen molar-refractivity contribution in [1.82, 2.24) is 9.88 Å². The van der Waals surface area contributed by atoms with Crippen LogP contribution in [0.4, 0.5) is 5.69 Å². The molecule has 106 valence electrons. The number of hydrogen-bond donors (Lipinski definition) is 0. The Kier molecular flexibility index (Phi) is 3.94. The minimum Gasteiger partial charge on any atom is -0.369 e. The molecule has 20 heavy (non-hydrogen) atoms. The molecule has 0 saturated carbocycles. The number of halogens is 1. The average molecular weight is 334 g/mol. The summed E-state index contributed by atoms with van der Waals surface area (Å²) in [6.07, 6.45) is 4.46. The Bertz CT molecular complexity index is 612. The van der Waals surface area contributed by atoms with Gasteiger partial charge in [0.25, 0.3) is 0 Å². The van der Waals surface area contributed by atoms with Crippen LogP contribution in [0, 0.1) is 0 Å². The Labute approximate surface area is 128 Å². The van der Waals surface area contributed by atoms with Gasteiger partial charge in [0, 0.05) is 40.9 Å². The molecule has 0 radical (unpaired) electrons. The summed E-state index contributed by atoms with van der Waals surface area (Å²) >= 11 is 3.52. The number of rotatable bonds is 2. The van der Waals surface area contributed by atoms with E-state index in [2.05, 4.69) is 69.1 Å². The lowest BCUT2D eigenvalue weighted by Gasteiger charge is -2.37. The highest BCUT2D eigenvalue weighted by Gasteiger charge is 2.22. The first-order valence-electron chi connectivity index (χ1n) is 7.11. The van der Waals surface area contributed by atoms with Crippen molar-refractivity contribution in [3.63, 3.8) is 0 Å². The highest BCUT2D eigenvalue weighted by Crippen LogP contribution is 2.30. The van der Waals surface area contributed by atoms with Gasteiger partial charge in [-0.25, -0.2) is 0 Å². The summed E-state index contributed by atoms with van der Waals surface area (Å²) in [5, 5.41) is 1.25. The summed E-state index contributed by atoms with van der Waals surface area (Å²) in [6, 6.07) is 9.14. The number of anilines is 1. The molecule has 3 nitrogen and oxygen atoms in total. The van der Waals surface area contributed by atoms with Crippen molar-refractivity contribution in [1.29, 1.82) is 0 Å². The number of hydrogen-bond acceptors (Lipinski definition) is 3. The van der Waals surface area contributed by atoms with Crippen LogP contribution in [0.5, 0.6) is 0 Å². The fourth-order valence-corrected chi connectivity index (χ4v) is 3.33. The summed E-state index contributed by atoms with van der Waals surface area (Å²) in [6.45, 7) is 2.24. The van der Waals surface area contributed by atoms with Crippen LogP contribution in [0.1, 0.15) is 12.8 Å². The third-order valence-electron chi connectivity index (χ3n) is 4.15. The molecule has 4 heteroatoms. The van der Waals surface area contributed by atoms with Gasteiger partial charge in [-0.2, -0.15) is 0 Å². The minimum atomic E-state index is 0.641. The van der Waals surface area contributed by atoms with Crippen molar-refractivity contribution in [3.8, 4) is 0 Å². The number of nitrogens with zero attached hydrogens (tertiary/aromatic N) is 3. The Morgan fingerprint density at radius 1 is 1.30 bits per heavy atom. The molecule has 1 fully saturated rings. The van der Waals surface area contributed by atoms with E-state index in [-0.39, 0.29) is 0 Å². The fraction of sp³-hybridized carbons (Fsp3) is 0.438. The molecule has 1 aliphatic heterocycles.